The van der Waals surface area contributed by atoms with Crippen molar-refractivity contribution in [1.29, 1.82) is 0 Å². The van der Waals surface area contributed by atoms with Gasteiger partial charge < -0.3 is 41.7 Å². The molecule has 0 N–H and O–H groups in total. The normalized spacial score (nSPS) is 11.8. The van der Waals surface area contributed by atoms with Gasteiger partial charge in [0.25, 0.3) is 0 Å². The van der Waals surface area contributed by atoms with Gasteiger partial charge in [0.05, 0.1) is 47.2 Å². The van der Waals surface area contributed by atoms with Gasteiger partial charge in [0, 0.05) is 165 Å². The minimum Gasteiger partial charge on any atom is -0.454 e. The third-order valence-electron chi connectivity index (χ3n) is 28.2. The van der Waals surface area contributed by atoms with Crippen molar-refractivity contribution in [3.8, 4) is 50.4 Å². The van der Waals surface area contributed by atoms with Crippen molar-refractivity contribution in [2.24, 2.45) is 0 Å². The summed E-state index contributed by atoms with van der Waals surface area (Å²) in [5.74, 6) is -0.248. The zero-order valence-corrected chi connectivity index (χ0v) is 80.4. The minimum atomic E-state index is -0.248. The Kier molecular flexibility index (Phi) is 20.5. The molecule has 0 saturated carbocycles. The van der Waals surface area contributed by atoms with Crippen molar-refractivity contribution in [2.45, 2.75) is 0 Å². The fraction of sp³-hybridized carbons (Fsp3) is 0. The highest BCUT2D eigenvalue weighted by Crippen LogP contribution is 2.51. The number of hydrogen-bond donors (Lipinski definition) is 0. The van der Waals surface area contributed by atoms with Crippen LogP contribution >= 0.6 is 34.0 Å². The van der Waals surface area contributed by atoms with E-state index in [1.54, 1.807) is 34.0 Å². The molecule has 21 aromatic carbocycles. The van der Waals surface area contributed by atoms with Gasteiger partial charge >= 0.3 is 0 Å². The highest BCUT2D eigenvalue weighted by atomic mass is 32.1. The molecule has 30 rings (SSSR count). The van der Waals surface area contributed by atoms with Crippen molar-refractivity contribution < 1.29 is 17.6 Å². The molecule has 30 aromatic rings. The van der Waals surface area contributed by atoms with Crippen LogP contribution in [0.5, 0.6) is 0 Å². The summed E-state index contributed by atoms with van der Waals surface area (Å²) in [7, 11) is 0. The molecular weight excluding hydrogens is 1830 g/mol. The molecule has 0 amide bonds. The van der Waals surface area contributed by atoms with Gasteiger partial charge in [-0.05, 0) is 270 Å². The Morgan fingerprint density at radius 1 is 0.172 bits per heavy atom. The Balaban J connectivity index is 0.000000106. The fourth-order valence-corrected chi connectivity index (χ4v) is 25.0. The third kappa shape index (κ3) is 14.7. The zero-order valence-electron chi connectivity index (χ0n) is 77.9. The number of furan rings is 3. The average molecular weight is 1920 g/mol. The number of para-hydroxylation sites is 6. The molecule has 0 spiro atoms. The van der Waals surface area contributed by atoms with E-state index in [2.05, 4.69) is 502 Å². The van der Waals surface area contributed by atoms with E-state index in [4.69, 9.17) is 13.3 Å². The molecule has 0 aliphatic heterocycles. The Morgan fingerprint density at radius 3 is 0.793 bits per heavy atom. The van der Waals surface area contributed by atoms with Crippen LogP contribution in [0.4, 0.5) is 55.6 Å². The first kappa shape index (κ1) is 84.7. The van der Waals surface area contributed by atoms with Crippen molar-refractivity contribution >= 4 is 245 Å². The maximum Gasteiger partial charge on any atom is 0.154 e. The largest absolute Gasteiger partial charge is 0.454 e. The van der Waals surface area contributed by atoms with Crippen LogP contribution in [0, 0.1) is 5.82 Å². The molecule has 9 nitrogen and oxygen atoms in total. The maximum atomic E-state index is 13.9. The van der Waals surface area contributed by atoms with Gasteiger partial charge in [0.15, 0.2) is 16.7 Å². The lowest BCUT2D eigenvalue weighted by Gasteiger charge is -2.26. The molecular formula is C132H83FN6O3S3. The number of halogens is 1. The number of thiophene rings is 3. The average Bonchev–Trinajstić information content (AvgIpc) is 1.60. The lowest BCUT2D eigenvalue weighted by atomic mass is 10.0. The molecule has 0 unspecified atom stereocenters. The van der Waals surface area contributed by atoms with Crippen molar-refractivity contribution in [1.82, 2.24) is 13.7 Å². The van der Waals surface area contributed by atoms with Crippen LogP contribution in [-0.2, 0) is 0 Å². The van der Waals surface area contributed by atoms with Gasteiger partial charge in [-0.15, -0.1) is 34.0 Å². The summed E-state index contributed by atoms with van der Waals surface area (Å²) >= 11 is 5.37. The Morgan fingerprint density at radius 2 is 0.421 bits per heavy atom. The van der Waals surface area contributed by atoms with E-state index in [0.29, 0.717) is 0 Å². The standard InChI is InChI=1S/C44H27FN2OS.2C44H28N2OS/c45-30-16-20-32(21-17-30)47-39-12-6-4-10-35(39)38-26-33(23-25-40(38)47)46(31-18-14-29(15-19-31)28-8-2-1-3-9-28)34-22-24-36-41(27-34)48-43-37-11-5-7-13-42(37)49-44(36)43;1-3-11-31(12-4-1)45(34-24-25-36-41(28-34)47-43-37-16-8-10-18-42(37)48-44(36)43)33-22-19-29(20-23-33)30-21-26-40-38(27-30)35-15-7-9-17-39(35)46(40)32-13-5-2-6-14-32;1-3-11-29(12-4-1)30-19-21-32(22-20-30)45(34-23-25-36-41(28-34)47-43-37-16-8-10-18-42(37)48-44(36)43)33-24-26-40-38(27-33)35-15-7-9-17-39(35)46(40)31-13-5-2-6-14-31/h1-27H;2*1-28H. The van der Waals surface area contributed by atoms with Crippen LogP contribution in [0.25, 0.3) is 210 Å². The van der Waals surface area contributed by atoms with E-state index in [1.807, 2.05) is 18.2 Å². The molecule has 0 saturated heterocycles. The second-order valence-corrected chi connectivity index (χ2v) is 39.8. The first-order valence-corrected chi connectivity index (χ1v) is 51.1. The summed E-state index contributed by atoms with van der Waals surface area (Å²) in [6, 6.07) is 177. The van der Waals surface area contributed by atoms with E-state index in [9.17, 15) is 4.39 Å². The molecule has 145 heavy (non-hydrogen) atoms. The number of benzene rings is 21. The predicted molar refractivity (Wildman–Crippen MR) is 611 cm³/mol. The summed E-state index contributed by atoms with van der Waals surface area (Å²) in [6.07, 6.45) is 0. The Labute approximate surface area is 843 Å². The molecule has 0 bridgehead atoms. The number of nitrogens with zero attached hydrogens (tertiary/aromatic N) is 6. The number of anilines is 9. The van der Waals surface area contributed by atoms with Crippen molar-refractivity contribution in [3.05, 3.63) is 509 Å². The van der Waals surface area contributed by atoms with Crippen molar-refractivity contribution in [3.63, 3.8) is 0 Å². The lowest BCUT2D eigenvalue weighted by Crippen LogP contribution is -2.09. The second kappa shape index (κ2) is 35.1. The van der Waals surface area contributed by atoms with Gasteiger partial charge in [-0.25, -0.2) is 4.39 Å². The van der Waals surface area contributed by atoms with E-state index in [1.165, 1.54) is 128 Å². The van der Waals surface area contributed by atoms with Crippen LogP contribution in [0.15, 0.2) is 517 Å². The first-order valence-electron chi connectivity index (χ1n) is 48.6. The molecule has 0 aliphatic rings. The Hall–Kier alpha value is -18.4. The van der Waals surface area contributed by atoms with Crippen LogP contribution in [-0.4, -0.2) is 13.7 Å². The second-order valence-electron chi connectivity index (χ2n) is 36.7. The summed E-state index contributed by atoms with van der Waals surface area (Å²) in [4.78, 5) is 6.94. The minimum absolute atomic E-state index is 0.248. The Bertz CT molecular complexity index is 10200. The number of fused-ring (bicyclic) bond motifs is 24. The molecule has 0 radical (unpaired) electrons. The molecule has 0 fully saturated rings. The third-order valence-corrected chi connectivity index (χ3v) is 31.8. The molecule has 9 aromatic heterocycles. The molecule has 13 heteroatoms. The number of aromatic nitrogens is 3. The molecule has 9 heterocycles. The van der Waals surface area contributed by atoms with Crippen LogP contribution in [0.3, 0.4) is 0 Å². The topological polar surface area (TPSA) is 63.9 Å². The summed E-state index contributed by atoms with van der Waals surface area (Å²) in [5.41, 5.74) is 32.4. The quantitative estimate of drug-likeness (QED) is 0.102. The predicted octanol–water partition coefficient (Wildman–Crippen LogP) is 39.2. The van der Waals surface area contributed by atoms with Gasteiger partial charge in [-0.2, -0.15) is 0 Å². The molecule has 684 valence electrons. The number of hydrogen-bond acceptors (Lipinski definition) is 9. The molecule has 0 atom stereocenters. The summed E-state index contributed by atoms with van der Waals surface area (Å²) in [6.45, 7) is 0. The maximum absolute atomic E-state index is 13.9. The highest BCUT2D eigenvalue weighted by molar-refractivity contribution is 7.27. The highest BCUT2D eigenvalue weighted by Gasteiger charge is 2.27. The smallest absolute Gasteiger partial charge is 0.154 e. The molecule has 0 aliphatic carbocycles. The van der Waals surface area contributed by atoms with Gasteiger partial charge in [0.1, 0.15) is 22.6 Å². The monoisotopic (exact) mass is 1910 g/mol. The number of rotatable bonds is 15. The van der Waals surface area contributed by atoms with E-state index >= 15 is 0 Å². The summed E-state index contributed by atoms with van der Waals surface area (Å²) < 4.78 is 47.9. The zero-order chi connectivity index (χ0) is 95.7. The van der Waals surface area contributed by atoms with E-state index in [0.717, 1.165) is 145 Å². The first-order chi connectivity index (χ1) is 71.8. The fourth-order valence-electron chi connectivity index (χ4n) is 21.5. The van der Waals surface area contributed by atoms with Crippen LogP contribution in [0.2, 0.25) is 0 Å². The summed E-state index contributed by atoms with van der Waals surface area (Å²) in [5, 5.41) is 14.1. The SMILES string of the molecule is Fc1ccc(-n2c3ccccc3c3cc(N(c4ccc(-c5ccccc5)cc4)c4ccc5c(c4)oc4c6ccccc6sc54)ccc32)cc1.c1ccc(-c2ccc(N(c3ccc4c(c3)oc3c5ccccc5sc43)c3ccc4c(c3)c3ccccc3n4-c3ccccc3)cc2)cc1.c1ccc(N(c2ccc(-c3ccc4c(c3)c3ccccc3n4-c3ccccc3)cc2)c2ccc3c(c2)oc2c4ccccc4sc32)cc1. The van der Waals surface area contributed by atoms with Gasteiger partial charge in [-0.1, -0.05) is 249 Å². The van der Waals surface area contributed by atoms with Gasteiger partial charge in [-0.3, -0.25) is 0 Å². The van der Waals surface area contributed by atoms with E-state index in [-0.39, 0.29) is 5.82 Å². The van der Waals surface area contributed by atoms with Crippen LogP contribution < -0.4 is 14.7 Å². The lowest BCUT2D eigenvalue weighted by molar-refractivity contribution is 0.627. The van der Waals surface area contributed by atoms with E-state index < -0.39 is 0 Å². The van der Waals surface area contributed by atoms with Crippen molar-refractivity contribution in [2.75, 3.05) is 14.7 Å². The van der Waals surface area contributed by atoms with Gasteiger partial charge in [0.2, 0.25) is 0 Å². The van der Waals surface area contributed by atoms with Crippen LogP contribution in [0.1, 0.15) is 0 Å².